The number of alkyl halides is 1. The van der Waals surface area contributed by atoms with Crippen LogP contribution < -0.4 is 0 Å². The first-order valence-electron chi connectivity index (χ1n) is 5.02. The minimum absolute atomic E-state index is 0.469. The summed E-state index contributed by atoms with van der Waals surface area (Å²) >= 11 is 5.98. The SMILES string of the molecule is ClCC1(CC2CCCO2)CCC1. The summed E-state index contributed by atoms with van der Waals surface area (Å²) in [5, 5.41) is 0. The molecule has 2 heteroatoms. The number of hydrogen-bond donors (Lipinski definition) is 0. The van der Waals surface area contributed by atoms with Gasteiger partial charge in [-0.25, -0.2) is 0 Å². The molecule has 0 amide bonds. The van der Waals surface area contributed by atoms with Crippen molar-refractivity contribution in [3.05, 3.63) is 0 Å². The van der Waals surface area contributed by atoms with Gasteiger partial charge in [0.15, 0.2) is 0 Å². The van der Waals surface area contributed by atoms with E-state index in [9.17, 15) is 0 Å². The lowest BCUT2D eigenvalue weighted by Crippen LogP contribution is -2.35. The molecule has 2 aliphatic rings. The van der Waals surface area contributed by atoms with E-state index in [1.165, 1.54) is 38.5 Å². The first-order chi connectivity index (χ1) is 5.85. The van der Waals surface area contributed by atoms with Gasteiger partial charge in [0.05, 0.1) is 6.10 Å². The van der Waals surface area contributed by atoms with Gasteiger partial charge in [-0.15, -0.1) is 11.6 Å². The molecular weight excluding hydrogens is 172 g/mol. The number of rotatable bonds is 3. The quantitative estimate of drug-likeness (QED) is 0.619. The van der Waals surface area contributed by atoms with Gasteiger partial charge < -0.3 is 4.74 Å². The second kappa shape index (κ2) is 3.55. The molecule has 12 heavy (non-hydrogen) atoms. The summed E-state index contributed by atoms with van der Waals surface area (Å²) in [7, 11) is 0. The van der Waals surface area contributed by atoms with Gasteiger partial charge in [-0.1, -0.05) is 6.42 Å². The van der Waals surface area contributed by atoms with Crippen molar-refractivity contribution < 1.29 is 4.74 Å². The highest BCUT2D eigenvalue weighted by molar-refractivity contribution is 6.18. The molecule has 2 rings (SSSR count). The maximum atomic E-state index is 5.98. The minimum atomic E-state index is 0.469. The second-order valence-electron chi connectivity index (χ2n) is 4.33. The summed E-state index contributed by atoms with van der Waals surface area (Å²) in [5.74, 6) is 0.840. The Morgan fingerprint density at radius 1 is 1.33 bits per heavy atom. The van der Waals surface area contributed by atoms with Gasteiger partial charge in [0.25, 0.3) is 0 Å². The lowest BCUT2D eigenvalue weighted by Gasteiger charge is -2.41. The van der Waals surface area contributed by atoms with Gasteiger partial charge in [-0.3, -0.25) is 0 Å². The number of ether oxygens (including phenoxy) is 1. The summed E-state index contributed by atoms with van der Waals surface area (Å²) < 4.78 is 5.63. The second-order valence-corrected chi connectivity index (χ2v) is 4.59. The van der Waals surface area contributed by atoms with E-state index in [1.807, 2.05) is 0 Å². The Hall–Kier alpha value is 0.250. The zero-order valence-corrected chi connectivity index (χ0v) is 8.28. The van der Waals surface area contributed by atoms with E-state index in [0.29, 0.717) is 11.5 Å². The van der Waals surface area contributed by atoms with Gasteiger partial charge in [0, 0.05) is 12.5 Å². The van der Waals surface area contributed by atoms with E-state index in [2.05, 4.69) is 0 Å². The predicted octanol–water partition coefficient (Wildman–Crippen LogP) is 2.96. The van der Waals surface area contributed by atoms with Gasteiger partial charge in [-0.05, 0) is 37.5 Å². The van der Waals surface area contributed by atoms with Crippen molar-refractivity contribution in [2.75, 3.05) is 12.5 Å². The number of hydrogen-bond acceptors (Lipinski definition) is 1. The first-order valence-corrected chi connectivity index (χ1v) is 5.56. The Labute approximate surface area is 79.4 Å². The highest BCUT2D eigenvalue weighted by Crippen LogP contribution is 2.47. The van der Waals surface area contributed by atoms with Crippen LogP contribution >= 0.6 is 11.6 Å². The van der Waals surface area contributed by atoms with Crippen LogP contribution in [0.4, 0.5) is 0 Å². The van der Waals surface area contributed by atoms with Crippen LogP contribution in [-0.4, -0.2) is 18.6 Å². The molecule has 0 N–H and O–H groups in total. The largest absolute Gasteiger partial charge is 0.378 e. The Kier molecular flexibility index (Phi) is 2.61. The monoisotopic (exact) mass is 188 g/mol. The molecule has 0 aromatic heterocycles. The molecule has 1 saturated heterocycles. The van der Waals surface area contributed by atoms with Crippen LogP contribution in [0.3, 0.4) is 0 Å². The van der Waals surface area contributed by atoms with E-state index in [1.54, 1.807) is 0 Å². The van der Waals surface area contributed by atoms with Crippen molar-refractivity contribution in [2.24, 2.45) is 5.41 Å². The first kappa shape index (κ1) is 8.83. The van der Waals surface area contributed by atoms with Crippen LogP contribution in [0.15, 0.2) is 0 Å². The molecule has 0 bridgehead atoms. The summed E-state index contributed by atoms with van der Waals surface area (Å²) in [4.78, 5) is 0. The molecule has 0 spiro atoms. The van der Waals surface area contributed by atoms with Crippen LogP contribution in [0.5, 0.6) is 0 Å². The van der Waals surface area contributed by atoms with Crippen LogP contribution in [-0.2, 0) is 4.74 Å². The van der Waals surface area contributed by atoms with E-state index >= 15 is 0 Å². The molecule has 70 valence electrons. The third kappa shape index (κ3) is 1.62. The summed E-state index contributed by atoms with van der Waals surface area (Å²) in [6.45, 7) is 0.975. The van der Waals surface area contributed by atoms with Crippen LogP contribution in [0.1, 0.15) is 38.5 Å². The fraction of sp³-hybridized carbons (Fsp3) is 1.00. The van der Waals surface area contributed by atoms with Gasteiger partial charge >= 0.3 is 0 Å². The van der Waals surface area contributed by atoms with Crippen molar-refractivity contribution in [1.29, 1.82) is 0 Å². The Bertz CT molecular complexity index is 142. The molecule has 0 aromatic rings. The van der Waals surface area contributed by atoms with Crippen LogP contribution in [0.2, 0.25) is 0 Å². The van der Waals surface area contributed by atoms with Crippen molar-refractivity contribution in [3.8, 4) is 0 Å². The van der Waals surface area contributed by atoms with E-state index in [4.69, 9.17) is 16.3 Å². The topological polar surface area (TPSA) is 9.23 Å². The summed E-state index contributed by atoms with van der Waals surface area (Å²) in [5.41, 5.74) is 0.469. The van der Waals surface area contributed by atoms with Gasteiger partial charge in [-0.2, -0.15) is 0 Å². The molecule has 0 aromatic carbocycles. The van der Waals surface area contributed by atoms with Crippen LogP contribution in [0.25, 0.3) is 0 Å². The molecule has 1 unspecified atom stereocenters. The third-order valence-electron chi connectivity index (χ3n) is 3.38. The van der Waals surface area contributed by atoms with Crippen molar-refractivity contribution in [2.45, 2.75) is 44.6 Å². The molecule has 1 nitrogen and oxygen atoms in total. The van der Waals surface area contributed by atoms with Gasteiger partial charge in [0.2, 0.25) is 0 Å². The average molecular weight is 189 g/mol. The zero-order valence-electron chi connectivity index (χ0n) is 7.52. The molecule has 0 radical (unpaired) electrons. The molecule has 1 atom stereocenters. The fourth-order valence-corrected chi connectivity index (χ4v) is 2.73. The normalized spacial score (nSPS) is 33.2. The molecule has 1 aliphatic carbocycles. The predicted molar refractivity (Wildman–Crippen MR) is 50.6 cm³/mol. The highest BCUT2D eigenvalue weighted by Gasteiger charge is 2.38. The third-order valence-corrected chi connectivity index (χ3v) is 3.95. The average Bonchev–Trinajstić information content (AvgIpc) is 2.49. The van der Waals surface area contributed by atoms with Gasteiger partial charge in [0.1, 0.15) is 0 Å². The standard InChI is InChI=1S/C10H17ClO/c11-8-10(4-2-5-10)7-9-3-1-6-12-9/h9H,1-8H2. The lowest BCUT2D eigenvalue weighted by molar-refractivity contribution is 0.0348. The number of halogens is 1. The van der Waals surface area contributed by atoms with Crippen molar-refractivity contribution >= 4 is 11.6 Å². The lowest BCUT2D eigenvalue weighted by atomic mass is 9.67. The Morgan fingerprint density at radius 2 is 2.17 bits per heavy atom. The minimum Gasteiger partial charge on any atom is -0.378 e. The zero-order chi connectivity index (χ0) is 8.44. The van der Waals surface area contributed by atoms with Crippen LogP contribution in [0, 0.1) is 5.41 Å². The Balaban J connectivity index is 1.83. The molecule has 1 saturated carbocycles. The smallest absolute Gasteiger partial charge is 0.0581 e. The molecule has 1 aliphatic heterocycles. The molecular formula is C10H17ClO. The Morgan fingerprint density at radius 3 is 2.58 bits per heavy atom. The summed E-state index contributed by atoms with van der Waals surface area (Å²) in [6.07, 6.45) is 8.30. The van der Waals surface area contributed by atoms with E-state index in [-0.39, 0.29) is 0 Å². The summed E-state index contributed by atoms with van der Waals surface area (Å²) in [6, 6.07) is 0. The van der Waals surface area contributed by atoms with Crippen molar-refractivity contribution in [1.82, 2.24) is 0 Å². The van der Waals surface area contributed by atoms with Crippen molar-refractivity contribution in [3.63, 3.8) is 0 Å². The van der Waals surface area contributed by atoms with E-state index < -0.39 is 0 Å². The molecule has 1 heterocycles. The van der Waals surface area contributed by atoms with E-state index in [0.717, 1.165) is 12.5 Å². The highest BCUT2D eigenvalue weighted by atomic mass is 35.5. The fourth-order valence-electron chi connectivity index (χ4n) is 2.36. The maximum absolute atomic E-state index is 5.98. The molecule has 2 fully saturated rings. The maximum Gasteiger partial charge on any atom is 0.0581 e.